The number of hydrogen-bond acceptors (Lipinski definition) is 4. The third-order valence-electron chi connectivity index (χ3n) is 3.41. The number of para-hydroxylation sites is 1. The van der Waals surface area contributed by atoms with Crippen molar-refractivity contribution in [2.24, 2.45) is 0 Å². The first-order chi connectivity index (χ1) is 10.2. The van der Waals surface area contributed by atoms with Crippen LogP contribution in [-0.2, 0) is 0 Å². The highest BCUT2D eigenvalue weighted by Crippen LogP contribution is 2.40. The standard InChI is InChI=1S/C15H10ClNO4/c16-10-6-13-12(19-7-20-13)5-9(10)15-17-14(18)8-3-1-2-4-11(8)21-15/h1-6,15H,7H2,(H,17,18)/t15-/m1/s1. The summed E-state index contributed by atoms with van der Waals surface area (Å²) in [7, 11) is 0. The van der Waals surface area contributed by atoms with E-state index in [0.29, 0.717) is 33.4 Å². The van der Waals surface area contributed by atoms with Crippen LogP contribution in [0.25, 0.3) is 0 Å². The molecule has 6 heteroatoms. The summed E-state index contributed by atoms with van der Waals surface area (Å²) in [6.45, 7) is 0.163. The Labute approximate surface area is 125 Å². The van der Waals surface area contributed by atoms with E-state index in [4.69, 9.17) is 25.8 Å². The molecule has 0 saturated heterocycles. The molecule has 2 aliphatic heterocycles. The number of fused-ring (bicyclic) bond motifs is 2. The molecule has 0 fully saturated rings. The summed E-state index contributed by atoms with van der Waals surface area (Å²) in [5.74, 6) is 1.51. The predicted octanol–water partition coefficient (Wildman–Crippen LogP) is 2.89. The lowest BCUT2D eigenvalue weighted by Gasteiger charge is -2.27. The Morgan fingerprint density at radius 1 is 1.10 bits per heavy atom. The zero-order chi connectivity index (χ0) is 14.4. The lowest BCUT2D eigenvalue weighted by molar-refractivity contribution is 0.0756. The molecule has 0 radical (unpaired) electrons. The van der Waals surface area contributed by atoms with E-state index in [2.05, 4.69) is 5.32 Å². The van der Waals surface area contributed by atoms with E-state index in [1.807, 2.05) is 6.07 Å². The van der Waals surface area contributed by atoms with E-state index in [0.717, 1.165) is 0 Å². The first-order valence-electron chi connectivity index (χ1n) is 6.38. The molecule has 0 spiro atoms. The number of carbonyl (C=O) groups is 1. The summed E-state index contributed by atoms with van der Waals surface area (Å²) >= 11 is 6.25. The SMILES string of the molecule is O=C1N[C@@H](c2cc3c(cc2Cl)OCO3)Oc2ccccc21. The summed E-state index contributed by atoms with van der Waals surface area (Å²) < 4.78 is 16.4. The summed E-state index contributed by atoms with van der Waals surface area (Å²) in [5.41, 5.74) is 1.13. The summed E-state index contributed by atoms with van der Waals surface area (Å²) in [6.07, 6.45) is -0.658. The Kier molecular flexibility index (Phi) is 2.68. The minimum Gasteiger partial charge on any atom is -0.466 e. The molecule has 0 bridgehead atoms. The van der Waals surface area contributed by atoms with Gasteiger partial charge in [-0.25, -0.2) is 0 Å². The molecule has 1 N–H and O–H groups in total. The monoisotopic (exact) mass is 303 g/mol. The van der Waals surface area contributed by atoms with Gasteiger partial charge in [0.2, 0.25) is 6.79 Å². The van der Waals surface area contributed by atoms with Crippen molar-refractivity contribution in [1.82, 2.24) is 5.32 Å². The smallest absolute Gasteiger partial charge is 0.258 e. The van der Waals surface area contributed by atoms with Crippen LogP contribution in [0.1, 0.15) is 22.1 Å². The topological polar surface area (TPSA) is 56.8 Å². The van der Waals surface area contributed by atoms with Gasteiger partial charge >= 0.3 is 0 Å². The van der Waals surface area contributed by atoms with Crippen LogP contribution in [0, 0.1) is 0 Å². The fraction of sp³-hybridized carbons (Fsp3) is 0.133. The highest BCUT2D eigenvalue weighted by atomic mass is 35.5. The van der Waals surface area contributed by atoms with E-state index in [1.54, 1.807) is 30.3 Å². The highest BCUT2D eigenvalue weighted by molar-refractivity contribution is 6.31. The number of nitrogens with one attached hydrogen (secondary N) is 1. The number of rotatable bonds is 1. The molecule has 0 unspecified atom stereocenters. The van der Waals surface area contributed by atoms with Crippen molar-refractivity contribution < 1.29 is 19.0 Å². The van der Waals surface area contributed by atoms with Crippen LogP contribution < -0.4 is 19.5 Å². The zero-order valence-electron chi connectivity index (χ0n) is 10.8. The Bertz CT molecular complexity index is 746. The summed E-state index contributed by atoms with van der Waals surface area (Å²) in [6, 6.07) is 10.5. The Balaban J connectivity index is 1.74. The van der Waals surface area contributed by atoms with Crippen molar-refractivity contribution in [3.63, 3.8) is 0 Å². The number of ether oxygens (including phenoxy) is 3. The largest absolute Gasteiger partial charge is 0.466 e. The van der Waals surface area contributed by atoms with Gasteiger partial charge in [-0.2, -0.15) is 0 Å². The second-order valence-corrected chi connectivity index (χ2v) is 5.10. The normalized spacial score (nSPS) is 18.7. The summed E-state index contributed by atoms with van der Waals surface area (Å²) in [5, 5.41) is 3.23. The van der Waals surface area contributed by atoms with Gasteiger partial charge in [0.25, 0.3) is 5.91 Å². The molecule has 2 aliphatic rings. The fourth-order valence-electron chi connectivity index (χ4n) is 2.39. The number of carbonyl (C=O) groups excluding carboxylic acids is 1. The van der Waals surface area contributed by atoms with Gasteiger partial charge in [-0.15, -0.1) is 0 Å². The lowest BCUT2D eigenvalue weighted by Crippen LogP contribution is -2.36. The maximum Gasteiger partial charge on any atom is 0.258 e. The molecule has 106 valence electrons. The van der Waals surface area contributed by atoms with Gasteiger partial charge in [-0.3, -0.25) is 4.79 Å². The Morgan fingerprint density at radius 3 is 2.71 bits per heavy atom. The zero-order valence-corrected chi connectivity index (χ0v) is 11.5. The second-order valence-electron chi connectivity index (χ2n) is 4.69. The van der Waals surface area contributed by atoms with Crippen LogP contribution >= 0.6 is 11.6 Å². The molecular weight excluding hydrogens is 294 g/mol. The number of hydrogen-bond donors (Lipinski definition) is 1. The van der Waals surface area contributed by atoms with E-state index < -0.39 is 6.23 Å². The predicted molar refractivity (Wildman–Crippen MR) is 74.9 cm³/mol. The van der Waals surface area contributed by atoms with Crippen molar-refractivity contribution in [3.8, 4) is 17.2 Å². The van der Waals surface area contributed by atoms with E-state index in [1.165, 1.54) is 0 Å². The minimum atomic E-state index is -0.658. The van der Waals surface area contributed by atoms with Crippen molar-refractivity contribution in [2.45, 2.75) is 6.23 Å². The number of halogens is 1. The van der Waals surface area contributed by atoms with Gasteiger partial charge in [0.15, 0.2) is 17.7 Å². The maximum atomic E-state index is 12.1. The molecule has 0 aliphatic carbocycles. The van der Waals surface area contributed by atoms with Gasteiger partial charge in [0.05, 0.1) is 10.6 Å². The molecular formula is C15H10ClNO4. The fourth-order valence-corrected chi connectivity index (χ4v) is 2.64. The van der Waals surface area contributed by atoms with Crippen LogP contribution in [0.2, 0.25) is 5.02 Å². The van der Waals surface area contributed by atoms with Crippen LogP contribution in [-0.4, -0.2) is 12.7 Å². The van der Waals surface area contributed by atoms with Crippen LogP contribution in [0.4, 0.5) is 0 Å². The molecule has 0 aromatic heterocycles. The molecule has 5 nitrogen and oxygen atoms in total. The van der Waals surface area contributed by atoms with Gasteiger partial charge in [0, 0.05) is 11.6 Å². The molecule has 1 amide bonds. The Hall–Kier alpha value is -2.40. The van der Waals surface area contributed by atoms with Crippen molar-refractivity contribution in [1.29, 1.82) is 0 Å². The third-order valence-corrected chi connectivity index (χ3v) is 3.74. The van der Waals surface area contributed by atoms with Gasteiger partial charge in [-0.05, 0) is 18.2 Å². The average Bonchev–Trinajstić information content (AvgIpc) is 2.93. The number of amides is 1. The average molecular weight is 304 g/mol. The first-order valence-corrected chi connectivity index (χ1v) is 6.76. The van der Waals surface area contributed by atoms with Crippen molar-refractivity contribution in [2.75, 3.05) is 6.79 Å². The van der Waals surface area contributed by atoms with Gasteiger partial charge < -0.3 is 19.5 Å². The molecule has 2 heterocycles. The molecule has 2 aromatic rings. The quantitative estimate of drug-likeness (QED) is 0.880. The van der Waals surface area contributed by atoms with Crippen molar-refractivity contribution >= 4 is 17.5 Å². The summed E-state index contributed by atoms with van der Waals surface area (Å²) in [4.78, 5) is 12.1. The van der Waals surface area contributed by atoms with Crippen LogP contribution in [0.5, 0.6) is 17.2 Å². The lowest BCUT2D eigenvalue weighted by atomic mass is 10.1. The maximum absolute atomic E-state index is 12.1. The molecule has 0 saturated carbocycles. The molecule has 1 atom stereocenters. The first kappa shape index (κ1) is 12.3. The van der Waals surface area contributed by atoms with Crippen molar-refractivity contribution in [3.05, 3.63) is 52.5 Å². The van der Waals surface area contributed by atoms with Crippen LogP contribution in [0.3, 0.4) is 0 Å². The van der Waals surface area contributed by atoms with Gasteiger partial charge in [0.1, 0.15) is 5.75 Å². The molecule has 2 aromatic carbocycles. The van der Waals surface area contributed by atoms with Crippen LogP contribution in [0.15, 0.2) is 36.4 Å². The number of benzene rings is 2. The minimum absolute atomic E-state index is 0.163. The molecule has 21 heavy (non-hydrogen) atoms. The van der Waals surface area contributed by atoms with Gasteiger partial charge in [-0.1, -0.05) is 23.7 Å². The second kappa shape index (κ2) is 4.56. The Morgan fingerprint density at radius 2 is 1.86 bits per heavy atom. The molecule has 4 rings (SSSR count). The van der Waals surface area contributed by atoms with E-state index in [9.17, 15) is 4.79 Å². The van der Waals surface area contributed by atoms with E-state index >= 15 is 0 Å². The van der Waals surface area contributed by atoms with E-state index in [-0.39, 0.29) is 12.7 Å². The third kappa shape index (κ3) is 1.97. The highest BCUT2D eigenvalue weighted by Gasteiger charge is 2.29.